The maximum Gasteiger partial charge on any atom is 0.0950 e. The lowest BCUT2D eigenvalue weighted by Crippen LogP contribution is -2.46. The fourth-order valence-corrected chi connectivity index (χ4v) is 5.67. The number of ether oxygens (including phenoxy) is 1. The molecule has 2 saturated heterocycles. The van der Waals surface area contributed by atoms with E-state index in [1.54, 1.807) is 0 Å². The number of aliphatic hydroxyl groups is 1. The summed E-state index contributed by atoms with van der Waals surface area (Å²) < 4.78 is 7.51. The van der Waals surface area contributed by atoms with Crippen molar-refractivity contribution in [2.24, 2.45) is 0 Å². The summed E-state index contributed by atoms with van der Waals surface area (Å²) in [6.07, 6.45) is 4.58. The maximum atomic E-state index is 10.0. The third-order valence-corrected chi connectivity index (χ3v) is 7.38. The quantitative estimate of drug-likeness (QED) is 0.567. The second-order valence-electron chi connectivity index (χ2n) is 6.89. The Bertz CT molecular complexity index is 730. The molecule has 0 aliphatic carbocycles. The van der Waals surface area contributed by atoms with Crippen LogP contribution in [0.2, 0.25) is 0 Å². The van der Waals surface area contributed by atoms with E-state index in [1.165, 1.54) is 22.0 Å². The minimum absolute atomic E-state index is 0.191. The first kappa shape index (κ1) is 17.2. The van der Waals surface area contributed by atoms with Crippen molar-refractivity contribution in [3.8, 4) is 0 Å². The van der Waals surface area contributed by atoms with Crippen molar-refractivity contribution < 1.29 is 9.84 Å². The number of aryl methyl sites for hydroxylation is 1. The van der Waals surface area contributed by atoms with Crippen molar-refractivity contribution in [3.63, 3.8) is 0 Å². The van der Waals surface area contributed by atoms with Crippen LogP contribution in [0, 0.1) is 6.92 Å². The predicted molar refractivity (Wildman–Crippen MR) is 106 cm³/mol. The Hall–Kier alpha value is -0.270. The van der Waals surface area contributed by atoms with Crippen LogP contribution in [0.15, 0.2) is 18.3 Å². The van der Waals surface area contributed by atoms with Gasteiger partial charge in [0.15, 0.2) is 0 Å². The van der Waals surface area contributed by atoms with Crippen LogP contribution < -0.4 is 0 Å². The first-order chi connectivity index (χ1) is 11.7. The molecule has 4 rings (SSSR count). The summed E-state index contributed by atoms with van der Waals surface area (Å²) in [6.45, 7) is 5.47. The number of likely N-dealkylation sites (tertiary alicyclic amines) is 1. The number of halogens is 1. The van der Waals surface area contributed by atoms with Crippen molar-refractivity contribution in [1.29, 1.82) is 0 Å². The van der Waals surface area contributed by atoms with Gasteiger partial charge in [-0.2, -0.15) is 5.10 Å². The van der Waals surface area contributed by atoms with E-state index in [0.717, 1.165) is 25.9 Å². The van der Waals surface area contributed by atoms with Crippen molar-refractivity contribution >= 4 is 39.3 Å². The molecule has 1 aromatic carbocycles. The summed E-state index contributed by atoms with van der Waals surface area (Å²) in [5.74, 6) is 0.603. The first-order valence-corrected chi connectivity index (χ1v) is 12.6. The summed E-state index contributed by atoms with van der Waals surface area (Å²) in [7, 11) is 0. The minimum atomic E-state index is -0.321. The normalized spacial score (nSPS) is 27.0. The molecule has 3 heterocycles. The number of fused-ring (bicyclic) bond motifs is 1. The molecule has 0 amide bonds. The van der Waals surface area contributed by atoms with Crippen LogP contribution in [-0.2, 0) is 4.74 Å². The Balaban J connectivity index is 1.52. The van der Waals surface area contributed by atoms with E-state index < -0.39 is 0 Å². The van der Waals surface area contributed by atoms with Crippen molar-refractivity contribution in [1.82, 2.24) is 14.5 Å². The molecule has 0 saturated carbocycles. The van der Waals surface area contributed by atoms with Crippen LogP contribution in [-0.4, -0.2) is 58.0 Å². The van der Waals surface area contributed by atoms with Crippen molar-refractivity contribution in [2.75, 3.05) is 26.3 Å². The summed E-state index contributed by atoms with van der Waals surface area (Å²) in [4.78, 5) is 2.42. The van der Waals surface area contributed by atoms with E-state index in [2.05, 4.69) is 55.5 Å². The van der Waals surface area contributed by atoms with Crippen molar-refractivity contribution in [2.45, 2.75) is 37.8 Å². The highest BCUT2D eigenvalue weighted by atomic mass is 127. The number of piperidine rings is 1. The van der Waals surface area contributed by atoms with Crippen LogP contribution in [0.25, 0.3) is 10.9 Å². The SMILES string of the molecule is Cc1cc2cnn(PI)c2cc1C1CCN(C2COCC2O)CC1. The second-order valence-corrected chi connectivity index (χ2v) is 8.93. The fraction of sp³-hybridized carbons (Fsp3) is 0.588. The van der Waals surface area contributed by atoms with Gasteiger partial charge in [-0.05, 0) is 84.1 Å². The summed E-state index contributed by atoms with van der Waals surface area (Å²) in [6, 6.07) is 4.83. The molecule has 2 aromatic rings. The smallest absolute Gasteiger partial charge is 0.0950 e. The molecule has 24 heavy (non-hydrogen) atoms. The fourth-order valence-electron chi connectivity index (χ4n) is 4.13. The van der Waals surface area contributed by atoms with Gasteiger partial charge in [0.25, 0.3) is 0 Å². The Morgan fingerprint density at radius 2 is 2.08 bits per heavy atom. The molecule has 3 atom stereocenters. The van der Waals surface area contributed by atoms with E-state index in [-0.39, 0.29) is 12.1 Å². The van der Waals surface area contributed by atoms with E-state index >= 15 is 0 Å². The highest BCUT2D eigenvalue weighted by Gasteiger charge is 2.34. The summed E-state index contributed by atoms with van der Waals surface area (Å²) in [5, 5.41) is 15.8. The Labute approximate surface area is 157 Å². The topological polar surface area (TPSA) is 50.5 Å². The summed E-state index contributed by atoms with van der Waals surface area (Å²) >= 11 is 2.38. The molecule has 130 valence electrons. The van der Waals surface area contributed by atoms with E-state index in [0.29, 0.717) is 25.5 Å². The van der Waals surface area contributed by atoms with Gasteiger partial charge in [0.05, 0.1) is 43.4 Å². The lowest BCUT2D eigenvalue weighted by atomic mass is 9.85. The number of aliphatic hydroxyl groups excluding tert-OH is 1. The Morgan fingerprint density at radius 3 is 2.75 bits per heavy atom. The van der Waals surface area contributed by atoms with Crippen LogP contribution in [0.5, 0.6) is 0 Å². The first-order valence-electron chi connectivity index (χ1n) is 8.52. The number of benzene rings is 1. The molecule has 2 aliphatic heterocycles. The molecule has 0 spiro atoms. The number of rotatable bonds is 3. The van der Waals surface area contributed by atoms with Gasteiger partial charge in [0.1, 0.15) is 0 Å². The summed E-state index contributed by atoms with van der Waals surface area (Å²) in [5.41, 5.74) is 4.11. The average Bonchev–Trinajstić information content (AvgIpc) is 3.19. The number of hydrogen-bond donors (Lipinski definition) is 1. The predicted octanol–water partition coefficient (Wildman–Crippen LogP) is 3.08. The largest absolute Gasteiger partial charge is 0.389 e. The lowest BCUT2D eigenvalue weighted by Gasteiger charge is -2.37. The number of nitrogens with zero attached hydrogens (tertiary/aromatic N) is 3. The molecule has 7 heteroatoms. The van der Waals surface area contributed by atoms with Crippen LogP contribution >= 0.6 is 28.4 Å². The molecular weight excluding hydrogens is 436 g/mol. The van der Waals surface area contributed by atoms with Crippen molar-refractivity contribution in [3.05, 3.63) is 29.5 Å². The molecule has 0 bridgehead atoms. The zero-order valence-corrected chi connectivity index (χ0v) is 16.9. The van der Waals surface area contributed by atoms with E-state index in [9.17, 15) is 5.11 Å². The van der Waals surface area contributed by atoms with Gasteiger partial charge in [-0.15, -0.1) is 0 Å². The molecule has 3 unspecified atom stereocenters. The lowest BCUT2D eigenvalue weighted by molar-refractivity contribution is 0.0663. The maximum absolute atomic E-state index is 10.0. The molecule has 5 nitrogen and oxygen atoms in total. The van der Waals surface area contributed by atoms with Gasteiger partial charge in [-0.3, -0.25) is 4.90 Å². The van der Waals surface area contributed by atoms with Gasteiger partial charge < -0.3 is 9.84 Å². The highest BCUT2D eigenvalue weighted by molar-refractivity contribution is 14.2. The molecule has 1 N–H and O–H groups in total. The zero-order chi connectivity index (χ0) is 16.7. The average molecular weight is 459 g/mol. The molecular formula is C17H23IN3O2P. The Morgan fingerprint density at radius 1 is 1.29 bits per heavy atom. The van der Waals surface area contributed by atoms with E-state index in [4.69, 9.17) is 4.74 Å². The van der Waals surface area contributed by atoms with Crippen LogP contribution in [0.4, 0.5) is 0 Å². The third-order valence-electron chi connectivity index (χ3n) is 5.50. The van der Waals surface area contributed by atoms with Gasteiger partial charge in [0, 0.05) is 5.39 Å². The van der Waals surface area contributed by atoms with Crippen LogP contribution in [0.3, 0.4) is 0 Å². The molecule has 0 radical (unpaired) electrons. The number of hydrogen-bond acceptors (Lipinski definition) is 4. The third kappa shape index (κ3) is 3.12. The van der Waals surface area contributed by atoms with Gasteiger partial charge in [0.2, 0.25) is 0 Å². The molecule has 2 aliphatic rings. The van der Waals surface area contributed by atoms with Gasteiger partial charge in [-0.25, -0.2) is 4.45 Å². The van der Waals surface area contributed by atoms with Crippen LogP contribution in [0.1, 0.15) is 29.9 Å². The zero-order valence-electron chi connectivity index (χ0n) is 13.8. The monoisotopic (exact) mass is 459 g/mol. The van der Waals surface area contributed by atoms with Gasteiger partial charge >= 0.3 is 0 Å². The molecule has 1 aromatic heterocycles. The molecule has 2 fully saturated rings. The number of aromatic nitrogens is 2. The Kier molecular flexibility index (Phi) is 5.12. The van der Waals surface area contributed by atoms with E-state index in [1.807, 2.05) is 6.20 Å². The second kappa shape index (κ2) is 7.16. The highest BCUT2D eigenvalue weighted by Crippen LogP contribution is 2.36. The minimum Gasteiger partial charge on any atom is -0.389 e. The van der Waals surface area contributed by atoms with Gasteiger partial charge in [-0.1, -0.05) is 0 Å². The standard InChI is InChI=1S/C17H23IN3O2P/c1-11-6-13-8-19-21(24-18)15(13)7-14(11)12-2-4-20(5-3-12)16-9-23-10-17(16)22/h6-8,12,16-17,22,24H,2-5,9-10H2,1H3.